The van der Waals surface area contributed by atoms with Crippen LogP contribution in [0.2, 0.25) is 5.02 Å². The van der Waals surface area contributed by atoms with Crippen LogP contribution in [0, 0.1) is 13.8 Å². The number of aryl methyl sites for hydroxylation is 1. The van der Waals surface area contributed by atoms with Crippen LogP contribution in [0.5, 0.6) is 0 Å². The van der Waals surface area contributed by atoms with Crippen molar-refractivity contribution >= 4 is 57.0 Å². The molecular formula is C26H19ClN2O2S. The summed E-state index contributed by atoms with van der Waals surface area (Å²) in [7, 11) is 0. The average molecular weight is 459 g/mol. The number of carbonyl (C=O) groups is 2. The molecule has 1 saturated heterocycles. The zero-order valence-electron chi connectivity index (χ0n) is 17.5. The molecule has 0 saturated carbocycles. The van der Waals surface area contributed by atoms with E-state index in [1.54, 1.807) is 30.3 Å². The van der Waals surface area contributed by atoms with Crippen molar-refractivity contribution in [2.45, 2.75) is 13.8 Å². The van der Waals surface area contributed by atoms with E-state index in [1.807, 2.05) is 38.1 Å². The molecule has 4 aromatic rings. The third kappa shape index (κ3) is 3.44. The van der Waals surface area contributed by atoms with E-state index in [2.05, 4.69) is 28.8 Å². The fourth-order valence-electron chi connectivity index (χ4n) is 4.15. The summed E-state index contributed by atoms with van der Waals surface area (Å²) < 4.78 is 2.19. The third-order valence-electron chi connectivity index (χ3n) is 5.62. The molecule has 0 aliphatic carbocycles. The number of halogens is 1. The van der Waals surface area contributed by atoms with Gasteiger partial charge in [-0.05, 0) is 73.0 Å². The SMILES string of the molecule is Cc1cc(/C=C2/SC(=O)N(c3cccc(Cl)c3)C2=O)c(C)n1-c1cccc2ccccc12. The molecule has 0 radical (unpaired) electrons. The minimum atomic E-state index is -0.336. The van der Waals surface area contributed by atoms with Crippen LogP contribution >= 0.6 is 23.4 Å². The van der Waals surface area contributed by atoms with Crippen molar-refractivity contribution in [1.82, 2.24) is 4.57 Å². The second kappa shape index (κ2) is 8.01. The van der Waals surface area contributed by atoms with E-state index >= 15 is 0 Å². The van der Waals surface area contributed by atoms with E-state index in [4.69, 9.17) is 11.6 Å². The summed E-state index contributed by atoms with van der Waals surface area (Å²) in [6, 6.07) is 23.3. The fourth-order valence-corrected chi connectivity index (χ4v) is 5.17. The van der Waals surface area contributed by atoms with Crippen LogP contribution in [0.25, 0.3) is 22.5 Å². The molecule has 1 aliphatic rings. The Morgan fingerprint density at radius 2 is 1.66 bits per heavy atom. The minimum Gasteiger partial charge on any atom is -0.317 e. The molecule has 0 atom stereocenters. The molecule has 1 aliphatic heterocycles. The summed E-state index contributed by atoms with van der Waals surface area (Å²) in [6.45, 7) is 4.08. The monoisotopic (exact) mass is 458 g/mol. The second-order valence-electron chi connectivity index (χ2n) is 7.66. The Morgan fingerprint density at radius 3 is 2.47 bits per heavy atom. The van der Waals surface area contributed by atoms with Crippen molar-refractivity contribution in [2.75, 3.05) is 4.90 Å². The molecule has 0 N–H and O–H groups in total. The molecular weight excluding hydrogens is 440 g/mol. The maximum Gasteiger partial charge on any atom is 0.298 e. The molecule has 2 amide bonds. The zero-order valence-corrected chi connectivity index (χ0v) is 19.1. The first-order chi connectivity index (χ1) is 15.4. The van der Waals surface area contributed by atoms with Crippen LogP contribution in [0.4, 0.5) is 10.5 Å². The topological polar surface area (TPSA) is 42.3 Å². The van der Waals surface area contributed by atoms with Crippen LogP contribution in [0.1, 0.15) is 17.0 Å². The van der Waals surface area contributed by atoms with Crippen molar-refractivity contribution in [3.63, 3.8) is 0 Å². The number of hydrogen-bond acceptors (Lipinski definition) is 3. The lowest BCUT2D eigenvalue weighted by Gasteiger charge is -2.13. The molecule has 1 aromatic heterocycles. The van der Waals surface area contributed by atoms with Crippen LogP contribution in [0.15, 0.2) is 77.7 Å². The Labute approximate surface area is 195 Å². The van der Waals surface area contributed by atoms with Gasteiger partial charge < -0.3 is 4.57 Å². The van der Waals surface area contributed by atoms with Gasteiger partial charge in [-0.25, -0.2) is 4.90 Å². The highest BCUT2D eigenvalue weighted by atomic mass is 35.5. The van der Waals surface area contributed by atoms with E-state index < -0.39 is 0 Å². The number of benzene rings is 3. The van der Waals surface area contributed by atoms with Crippen molar-refractivity contribution in [1.29, 1.82) is 0 Å². The van der Waals surface area contributed by atoms with E-state index in [-0.39, 0.29) is 11.1 Å². The van der Waals surface area contributed by atoms with Gasteiger partial charge in [-0.2, -0.15) is 0 Å². The molecule has 0 bridgehead atoms. The van der Waals surface area contributed by atoms with E-state index in [1.165, 1.54) is 10.3 Å². The maximum atomic E-state index is 13.0. The molecule has 4 nitrogen and oxygen atoms in total. The summed E-state index contributed by atoms with van der Waals surface area (Å²) in [6.07, 6.45) is 1.80. The van der Waals surface area contributed by atoms with Gasteiger partial charge in [0.15, 0.2) is 0 Å². The average Bonchev–Trinajstić information content (AvgIpc) is 3.21. The number of rotatable bonds is 3. The van der Waals surface area contributed by atoms with Crippen LogP contribution in [0.3, 0.4) is 0 Å². The van der Waals surface area contributed by atoms with Gasteiger partial charge in [-0.3, -0.25) is 9.59 Å². The molecule has 6 heteroatoms. The van der Waals surface area contributed by atoms with Crippen LogP contribution < -0.4 is 4.90 Å². The Kier molecular flexibility index (Phi) is 5.16. The Morgan fingerprint density at radius 1 is 0.906 bits per heavy atom. The van der Waals surface area contributed by atoms with Crippen molar-refractivity contribution in [2.24, 2.45) is 0 Å². The van der Waals surface area contributed by atoms with Crippen LogP contribution in [-0.2, 0) is 4.79 Å². The molecule has 2 heterocycles. The number of aromatic nitrogens is 1. The predicted octanol–water partition coefficient (Wildman–Crippen LogP) is 7.14. The summed E-state index contributed by atoms with van der Waals surface area (Å²) in [5.74, 6) is -0.336. The highest BCUT2D eigenvalue weighted by Crippen LogP contribution is 2.37. The summed E-state index contributed by atoms with van der Waals surface area (Å²) >= 11 is 7.00. The van der Waals surface area contributed by atoms with Gasteiger partial charge in [0.05, 0.1) is 16.3 Å². The van der Waals surface area contributed by atoms with E-state index in [0.29, 0.717) is 15.6 Å². The standard InChI is InChI=1S/C26H19ClN2O2S/c1-16-13-19(17(2)28(16)23-12-5-8-18-7-3-4-11-22(18)23)14-24-25(30)29(26(31)32-24)21-10-6-9-20(27)15-21/h3-15H,1-2H3/b24-14+. The molecule has 1 fully saturated rings. The Bertz CT molecular complexity index is 1430. The molecule has 3 aromatic carbocycles. The number of fused-ring (bicyclic) bond motifs is 1. The lowest BCUT2D eigenvalue weighted by Crippen LogP contribution is -2.27. The van der Waals surface area contributed by atoms with Gasteiger partial charge in [-0.1, -0.05) is 54.1 Å². The maximum absolute atomic E-state index is 13.0. The van der Waals surface area contributed by atoms with Crippen molar-refractivity contribution in [3.8, 4) is 5.69 Å². The largest absolute Gasteiger partial charge is 0.317 e. The Hall–Kier alpha value is -3.28. The fraction of sp³-hybridized carbons (Fsp3) is 0.0769. The highest BCUT2D eigenvalue weighted by Gasteiger charge is 2.36. The summed E-state index contributed by atoms with van der Waals surface area (Å²) in [5.41, 5.74) is 4.54. The normalized spacial score (nSPS) is 15.3. The van der Waals surface area contributed by atoms with Gasteiger partial charge in [0.1, 0.15) is 0 Å². The number of hydrogen-bond donors (Lipinski definition) is 0. The van der Waals surface area contributed by atoms with Gasteiger partial charge in [0, 0.05) is 21.8 Å². The first-order valence-corrected chi connectivity index (χ1v) is 11.3. The molecule has 32 heavy (non-hydrogen) atoms. The van der Waals surface area contributed by atoms with Crippen molar-refractivity contribution in [3.05, 3.63) is 99.7 Å². The lowest BCUT2D eigenvalue weighted by atomic mass is 10.1. The number of imide groups is 1. The lowest BCUT2D eigenvalue weighted by molar-refractivity contribution is -0.113. The smallest absolute Gasteiger partial charge is 0.298 e. The van der Waals surface area contributed by atoms with Gasteiger partial charge in [-0.15, -0.1) is 0 Å². The molecule has 0 unspecified atom stereocenters. The zero-order chi connectivity index (χ0) is 22.4. The number of amides is 2. The number of nitrogens with zero attached hydrogens (tertiary/aromatic N) is 2. The van der Waals surface area contributed by atoms with E-state index in [9.17, 15) is 9.59 Å². The first kappa shape index (κ1) is 20.6. The third-order valence-corrected chi connectivity index (χ3v) is 6.73. The Balaban J connectivity index is 1.56. The van der Waals surface area contributed by atoms with Crippen LogP contribution in [-0.4, -0.2) is 15.7 Å². The van der Waals surface area contributed by atoms with Gasteiger partial charge in [0.2, 0.25) is 0 Å². The van der Waals surface area contributed by atoms with Gasteiger partial charge in [0.25, 0.3) is 11.1 Å². The highest BCUT2D eigenvalue weighted by molar-refractivity contribution is 8.19. The molecule has 5 rings (SSSR count). The molecule has 158 valence electrons. The summed E-state index contributed by atoms with van der Waals surface area (Å²) in [5, 5.41) is 2.47. The number of carbonyl (C=O) groups excluding carboxylic acids is 2. The summed E-state index contributed by atoms with van der Waals surface area (Å²) in [4.78, 5) is 27.2. The molecule has 0 spiro atoms. The van der Waals surface area contributed by atoms with Gasteiger partial charge >= 0.3 is 0 Å². The van der Waals surface area contributed by atoms with E-state index in [0.717, 1.165) is 39.8 Å². The number of thioether (sulfide) groups is 1. The minimum absolute atomic E-state index is 0.327. The number of anilines is 1. The van der Waals surface area contributed by atoms with Crippen molar-refractivity contribution < 1.29 is 9.59 Å². The predicted molar refractivity (Wildman–Crippen MR) is 133 cm³/mol. The quantitative estimate of drug-likeness (QED) is 0.306. The second-order valence-corrected chi connectivity index (χ2v) is 9.09. The first-order valence-electron chi connectivity index (χ1n) is 10.1.